The second-order valence-electron chi connectivity index (χ2n) is 3.59. The van der Waals surface area contributed by atoms with Crippen LogP contribution in [0.5, 0.6) is 0 Å². The molecule has 0 fully saturated rings. The summed E-state index contributed by atoms with van der Waals surface area (Å²) in [6, 6.07) is 1.94. The largest absolute Gasteiger partial charge is 0.388 e. The van der Waals surface area contributed by atoms with Crippen molar-refractivity contribution >= 4 is 17.6 Å². The van der Waals surface area contributed by atoms with Gasteiger partial charge in [0.25, 0.3) is 0 Å². The normalized spacial score (nSPS) is 12.5. The standard InChI is InChI=1S/C10H16N4S/c1-6-4-7(2)14-10(13-6)15-8(3)5-9(11)12/h4,8H,5H2,1-3H3,(H3,11,12). The van der Waals surface area contributed by atoms with Gasteiger partial charge in [-0.05, 0) is 19.9 Å². The zero-order chi connectivity index (χ0) is 11.4. The van der Waals surface area contributed by atoms with E-state index < -0.39 is 0 Å². The smallest absolute Gasteiger partial charge is 0.188 e. The van der Waals surface area contributed by atoms with Crippen molar-refractivity contribution in [3.8, 4) is 0 Å². The molecular formula is C10H16N4S. The molecule has 1 aromatic heterocycles. The van der Waals surface area contributed by atoms with Crippen LogP contribution in [0.3, 0.4) is 0 Å². The number of hydrogen-bond donors (Lipinski definition) is 2. The van der Waals surface area contributed by atoms with E-state index in [1.54, 1.807) is 11.8 Å². The van der Waals surface area contributed by atoms with Gasteiger partial charge in [0.05, 0.1) is 5.84 Å². The number of thioether (sulfide) groups is 1. The highest BCUT2D eigenvalue weighted by Crippen LogP contribution is 2.21. The summed E-state index contributed by atoms with van der Waals surface area (Å²) in [5, 5.41) is 8.20. The van der Waals surface area contributed by atoms with Crippen molar-refractivity contribution in [2.24, 2.45) is 5.73 Å². The molecule has 0 radical (unpaired) electrons. The van der Waals surface area contributed by atoms with E-state index in [2.05, 4.69) is 9.97 Å². The maximum Gasteiger partial charge on any atom is 0.188 e. The summed E-state index contributed by atoms with van der Waals surface area (Å²) in [5.74, 6) is 0.208. The average molecular weight is 224 g/mol. The van der Waals surface area contributed by atoms with E-state index in [1.807, 2.05) is 26.8 Å². The lowest BCUT2D eigenvalue weighted by molar-refractivity contribution is 0.888. The van der Waals surface area contributed by atoms with E-state index in [-0.39, 0.29) is 11.1 Å². The zero-order valence-corrected chi connectivity index (χ0v) is 10.1. The molecule has 4 nitrogen and oxygen atoms in total. The second kappa shape index (κ2) is 5.11. The van der Waals surface area contributed by atoms with Gasteiger partial charge in [-0.2, -0.15) is 0 Å². The molecule has 1 unspecified atom stereocenters. The molecule has 1 rings (SSSR count). The molecule has 1 atom stereocenters. The van der Waals surface area contributed by atoms with Crippen LogP contribution < -0.4 is 5.73 Å². The maximum atomic E-state index is 7.20. The van der Waals surface area contributed by atoms with Crippen LogP contribution in [0.2, 0.25) is 0 Å². The van der Waals surface area contributed by atoms with E-state index >= 15 is 0 Å². The van der Waals surface area contributed by atoms with Crippen molar-refractivity contribution in [2.75, 3.05) is 0 Å². The highest BCUT2D eigenvalue weighted by Gasteiger charge is 2.08. The lowest BCUT2D eigenvalue weighted by atomic mass is 10.3. The fraction of sp³-hybridized carbons (Fsp3) is 0.500. The number of nitrogens with one attached hydrogen (secondary N) is 1. The summed E-state index contributed by atoms with van der Waals surface area (Å²) in [5.41, 5.74) is 7.28. The molecule has 0 amide bonds. The molecule has 0 saturated carbocycles. The van der Waals surface area contributed by atoms with E-state index in [9.17, 15) is 0 Å². The Bertz CT molecular complexity index is 344. The van der Waals surface area contributed by atoms with Gasteiger partial charge in [0.15, 0.2) is 5.16 Å². The summed E-state index contributed by atoms with van der Waals surface area (Å²) in [6.07, 6.45) is 0.570. The van der Waals surface area contributed by atoms with Gasteiger partial charge in [-0.3, -0.25) is 5.41 Å². The molecule has 1 aromatic rings. The van der Waals surface area contributed by atoms with Gasteiger partial charge >= 0.3 is 0 Å². The van der Waals surface area contributed by atoms with E-state index in [0.717, 1.165) is 16.5 Å². The molecule has 0 saturated heterocycles. The molecule has 5 heteroatoms. The van der Waals surface area contributed by atoms with Gasteiger partial charge < -0.3 is 5.73 Å². The van der Waals surface area contributed by atoms with Crippen molar-refractivity contribution in [3.05, 3.63) is 17.5 Å². The molecule has 15 heavy (non-hydrogen) atoms. The van der Waals surface area contributed by atoms with Crippen LogP contribution in [0, 0.1) is 19.3 Å². The minimum Gasteiger partial charge on any atom is -0.388 e. The lowest BCUT2D eigenvalue weighted by Crippen LogP contribution is -2.15. The monoisotopic (exact) mass is 224 g/mol. The van der Waals surface area contributed by atoms with Crippen molar-refractivity contribution in [1.29, 1.82) is 5.41 Å². The Balaban J connectivity index is 2.67. The molecule has 1 heterocycles. The van der Waals surface area contributed by atoms with E-state index in [0.29, 0.717) is 6.42 Å². The van der Waals surface area contributed by atoms with Crippen LogP contribution in [0.15, 0.2) is 11.2 Å². The van der Waals surface area contributed by atoms with E-state index in [4.69, 9.17) is 11.1 Å². The van der Waals surface area contributed by atoms with Crippen molar-refractivity contribution in [3.63, 3.8) is 0 Å². The van der Waals surface area contributed by atoms with Crippen LogP contribution in [0.25, 0.3) is 0 Å². The minimum atomic E-state index is 0.208. The van der Waals surface area contributed by atoms with Crippen molar-refractivity contribution in [2.45, 2.75) is 37.6 Å². The highest BCUT2D eigenvalue weighted by atomic mass is 32.2. The first kappa shape index (κ1) is 12.0. The number of aryl methyl sites for hydroxylation is 2. The average Bonchev–Trinajstić information content (AvgIpc) is 1.98. The first-order chi connectivity index (χ1) is 6.97. The number of hydrogen-bond acceptors (Lipinski definition) is 4. The third-order valence-electron chi connectivity index (χ3n) is 1.78. The van der Waals surface area contributed by atoms with Gasteiger partial charge in [-0.25, -0.2) is 9.97 Å². The van der Waals surface area contributed by atoms with Crippen LogP contribution in [-0.4, -0.2) is 21.1 Å². The fourth-order valence-electron chi connectivity index (χ4n) is 1.28. The Morgan fingerprint density at radius 2 is 2.00 bits per heavy atom. The highest BCUT2D eigenvalue weighted by molar-refractivity contribution is 7.99. The number of nitrogens with two attached hydrogens (primary N) is 1. The third-order valence-corrected chi connectivity index (χ3v) is 2.74. The topological polar surface area (TPSA) is 75.7 Å². The van der Waals surface area contributed by atoms with Gasteiger partial charge in [-0.1, -0.05) is 18.7 Å². The Kier molecular flexibility index (Phi) is 4.08. The predicted molar refractivity (Wildman–Crippen MR) is 63.4 cm³/mol. The Morgan fingerprint density at radius 3 is 2.47 bits per heavy atom. The minimum absolute atomic E-state index is 0.208. The molecule has 3 N–H and O–H groups in total. The Morgan fingerprint density at radius 1 is 1.47 bits per heavy atom. The summed E-state index contributed by atoms with van der Waals surface area (Å²) in [7, 11) is 0. The second-order valence-corrected chi connectivity index (χ2v) is 5.00. The number of rotatable bonds is 4. The summed E-state index contributed by atoms with van der Waals surface area (Å²) < 4.78 is 0. The van der Waals surface area contributed by atoms with Crippen molar-refractivity contribution in [1.82, 2.24) is 9.97 Å². The van der Waals surface area contributed by atoms with Crippen LogP contribution in [-0.2, 0) is 0 Å². The SMILES string of the molecule is Cc1cc(C)nc(SC(C)CC(=N)N)n1. The number of amidine groups is 1. The summed E-state index contributed by atoms with van der Waals surface area (Å²) >= 11 is 1.56. The molecule has 0 aliphatic rings. The molecule has 82 valence electrons. The van der Waals surface area contributed by atoms with Gasteiger partial charge in [0.2, 0.25) is 0 Å². The number of nitrogens with zero attached hydrogens (tertiary/aromatic N) is 2. The Hall–Kier alpha value is -1.10. The van der Waals surface area contributed by atoms with Crippen LogP contribution in [0.1, 0.15) is 24.7 Å². The van der Waals surface area contributed by atoms with Crippen molar-refractivity contribution < 1.29 is 0 Å². The molecule has 0 aliphatic carbocycles. The van der Waals surface area contributed by atoms with Gasteiger partial charge in [0, 0.05) is 23.1 Å². The molecular weight excluding hydrogens is 208 g/mol. The third kappa shape index (κ3) is 4.29. The van der Waals surface area contributed by atoms with Crippen LogP contribution in [0.4, 0.5) is 0 Å². The first-order valence-electron chi connectivity index (χ1n) is 4.79. The van der Waals surface area contributed by atoms with Crippen LogP contribution >= 0.6 is 11.8 Å². The predicted octanol–water partition coefficient (Wildman–Crippen LogP) is 1.90. The summed E-state index contributed by atoms with van der Waals surface area (Å²) in [4.78, 5) is 8.64. The Labute approximate surface area is 94.2 Å². The fourth-order valence-corrected chi connectivity index (χ4v) is 2.29. The molecule has 0 bridgehead atoms. The first-order valence-corrected chi connectivity index (χ1v) is 5.67. The molecule has 0 aliphatic heterocycles. The lowest BCUT2D eigenvalue weighted by Gasteiger charge is -2.09. The number of aromatic nitrogens is 2. The molecule has 0 aromatic carbocycles. The van der Waals surface area contributed by atoms with E-state index in [1.165, 1.54) is 0 Å². The van der Waals surface area contributed by atoms with Gasteiger partial charge in [-0.15, -0.1) is 0 Å². The zero-order valence-electron chi connectivity index (χ0n) is 9.24. The molecule has 0 spiro atoms. The maximum absolute atomic E-state index is 7.20. The summed E-state index contributed by atoms with van der Waals surface area (Å²) in [6.45, 7) is 5.93. The quantitative estimate of drug-likeness (QED) is 0.354. The van der Waals surface area contributed by atoms with Gasteiger partial charge in [0.1, 0.15) is 0 Å².